The summed E-state index contributed by atoms with van der Waals surface area (Å²) in [6.07, 6.45) is -0.708. The first kappa shape index (κ1) is 23.7. The fourth-order valence-electron chi connectivity index (χ4n) is 3.05. The number of amides is 1. The molecular formula is C16H23ClF3N3O3S. The van der Waals surface area contributed by atoms with Gasteiger partial charge in [-0.2, -0.15) is 13.2 Å². The summed E-state index contributed by atoms with van der Waals surface area (Å²) in [6, 6.07) is 4.48. The topological polar surface area (TPSA) is 101 Å². The summed E-state index contributed by atoms with van der Waals surface area (Å²) in [7, 11) is -3.94. The second-order valence-corrected chi connectivity index (χ2v) is 8.05. The number of rotatable bonds is 7. The molecule has 0 aliphatic heterocycles. The maximum Gasteiger partial charge on any atom is 0.405 e. The molecule has 6 nitrogen and oxygen atoms in total. The van der Waals surface area contributed by atoms with Crippen LogP contribution in [0, 0.1) is 5.92 Å². The Bertz CT molecular complexity index is 738. The van der Waals surface area contributed by atoms with Gasteiger partial charge in [-0.05, 0) is 37.0 Å². The average molecular weight is 430 g/mol. The monoisotopic (exact) mass is 429 g/mol. The highest BCUT2D eigenvalue weighted by Crippen LogP contribution is 2.28. The number of carbonyl (C=O) groups excluding carboxylic acids is 1. The molecule has 1 saturated carbocycles. The van der Waals surface area contributed by atoms with Crippen LogP contribution in [-0.2, 0) is 10.0 Å². The molecule has 4 N–H and O–H groups in total. The van der Waals surface area contributed by atoms with Crippen molar-refractivity contribution in [2.45, 2.75) is 42.8 Å². The van der Waals surface area contributed by atoms with Gasteiger partial charge in [0.15, 0.2) is 0 Å². The van der Waals surface area contributed by atoms with E-state index >= 15 is 0 Å². The molecule has 0 aromatic heterocycles. The molecular weight excluding hydrogens is 407 g/mol. The minimum atomic E-state index is -4.55. The number of hydrogen-bond donors (Lipinski definition) is 3. The molecule has 1 aliphatic carbocycles. The van der Waals surface area contributed by atoms with Crippen molar-refractivity contribution in [2.75, 3.05) is 13.1 Å². The summed E-state index contributed by atoms with van der Waals surface area (Å²) in [4.78, 5) is 11.6. The Morgan fingerprint density at radius 1 is 1.26 bits per heavy atom. The first-order valence-electron chi connectivity index (χ1n) is 8.30. The van der Waals surface area contributed by atoms with E-state index in [4.69, 9.17) is 5.73 Å². The van der Waals surface area contributed by atoms with Gasteiger partial charge in [-0.1, -0.05) is 18.9 Å². The van der Waals surface area contributed by atoms with Gasteiger partial charge in [0.05, 0.1) is 4.90 Å². The molecule has 0 bridgehead atoms. The summed E-state index contributed by atoms with van der Waals surface area (Å²) < 4.78 is 64.3. The summed E-state index contributed by atoms with van der Waals surface area (Å²) in [5.41, 5.74) is 5.53. The van der Waals surface area contributed by atoms with E-state index in [1.165, 1.54) is 18.2 Å². The lowest BCUT2D eigenvalue weighted by molar-refractivity contribution is -0.123. The van der Waals surface area contributed by atoms with Crippen molar-refractivity contribution in [2.24, 2.45) is 11.7 Å². The minimum absolute atomic E-state index is 0. The molecule has 11 heteroatoms. The summed E-state index contributed by atoms with van der Waals surface area (Å²) in [6.45, 7) is -1.34. The van der Waals surface area contributed by atoms with E-state index < -0.39 is 34.7 Å². The molecule has 1 atom stereocenters. The molecule has 154 valence electrons. The molecule has 1 fully saturated rings. The number of hydrogen-bond acceptors (Lipinski definition) is 4. The highest BCUT2D eigenvalue weighted by Gasteiger charge is 2.30. The lowest BCUT2D eigenvalue weighted by atomic mass is 9.99. The summed E-state index contributed by atoms with van der Waals surface area (Å²) in [5.74, 6) is -0.835. The van der Waals surface area contributed by atoms with E-state index in [-0.39, 0.29) is 35.3 Å². The van der Waals surface area contributed by atoms with Gasteiger partial charge in [-0.15, -0.1) is 12.4 Å². The Morgan fingerprint density at radius 2 is 1.89 bits per heavy atom. The lowest BCUT2D eigenvalue weighted by Crippen LogP contribution is -2.44. The fourth-order valence-corrected chi connectivity index (χ4v) is 4.41. The van der Waals surface area contributed by atoms with Crippen molar-refractivity contribution < 1.29 is 26.4 Å². The smallest absolute Gasteiger partial charge is 0.343 e. The second-order valence-electron chi connectivity index (χ2n) is 6.33. The van der Waals surface area contributed by atoms with Gasteiger partial charge in [0.2, 0.25) is 10.0 Å². The molecule has 2 rings (SSSR count). The number of halogens is 4. The predicted octanol–water partition coefficient (Wildman–Crippen LogP) is 2.20. The van der Waals surface area contributed by atoms with Crippen LogP contribution in [0.1, 0.15) is 36.0 Å². The molecule has 1 aliphatic rings. The molecule has 1 aromatic rings. The van der Waals surface area contributed by atoms with Crippen LogP contribution in [0.2, 0.25) is 0 Å². The van der Waals surface area contributed by atoms with Gasteiger partial charge < -0.3 is 11.1 Å². The Labute approximate surface area is 162 Å². The van der Waals surface area contributed by atoms with Crippen molar-refractivity contribution in [3.8, 4) is 0 Å². The highest BCUT2D eigenvalue weighted by molar-refractivity contribution is 7.89. The third-order valence-corrected chi connectivity index (χ3v) is 5.87. The number of nitrogens with two attached hydrogens (primary N) is 1. The first-order chi connectivity index (χ1) is 12.1. The van der Waals surface area contributed by atoms with E-state index in [0.29, 0.717) is 0 Å². The van der Waals surface area contributed by atoms with Gasteiger partial charge in [0.1, 0.15) is 6.54 Å². The number of benzene rings is 1. The van der Waals surface area contributed by atoms with Crippen molar-refractivity contribution in [1.29, 1.82) is 0 Å². The lowest BCUT2D eigenvalue weighted by Gasteiger charge is -2.23. The maximum absolute atomic E-state index is 12.6. The molecule has 1 aromatic carbocycles. The third-order valence-electron chi connectivity index (χ3n) is 4.39. The Hall–Kier alpha value is -1.36. The minimum Gasteiger partial charge on any atom is -0.343 e. The van der Waals surface area contributed by atoms with Crippen molar-refractivity contribution in [1.82, 2.24) is 10.0 Å². The van der Waals surface area contributed by atoms with Gasteiger partial charge >= 0.3 is 6.18 Å². The molecule has 1 unspecified atom stereocenters. The Kier molecular flexibility index (Phi) is 8.52. The normalized spacial score (nSPS) is 16.6. The average Bonchev–Trinajstić information content (AvgIpc) is 3.11. The van der Waals surface area contributed by atoms with Crippen LogP contribution < -0.4 is 15.8 Å². The quantitative estimate of drug-likeness (QED) is 0.618. The van der Waals surface area contributed by atoms with Gasteiger partial charge in [-0.25, -0.2) is 13.1 Å². The molecule has 0 heterocycles. The highest BCUT2D eigenvalue weighted by atomic mass is 35.5. The summed E-state index contributed by atoms with van der Waals surface area (Å²) >= 11 is 0. The van der Waals surface area contributed by atoms with Crippen LogP contribution >= 0.6 is 12.4 Å². The van der Waals surface area contributed by atoms with Crippen LogP contribution in [0.5, 0.6) is 0 Å². The van der Waals surface area contributed by atoms with Gasteiger partial charge in [0, 0.05) is 18.2 Å². The SMILES string of the molecule is Cl.NCC(NS(=O)(=O)c1cccc(C(=O)NCC(F)(F)F)c1)C1CCCC1. The van der Waals surface area contributed by atoms with Gasteiger partial charge in [0.25, 0.3) is 5.91 Å². The number of carbonyl (C=O) groups is 1. The van der Waals surface area contributed by atoms with E-state index in [0.717, 1.165) is 31.7 Å². The Balaban J connectivity index is 0.00000364. The Morgan fingerprint density at radius 3 is 2.44 bits per heavy atom. The zero-order valence-electron chi connectivity index (χ0n) is 14.5. The largest absolute Gasteiger partial charge is 0.405 e. The van der Waals surface area contributed by atoms with Crippen molar-refractivity contribution >= 4 is 28.3 Å². The van der Waals surface area contributed by atoms with E-state index in [1.807, 2.05) is 0 Å². The van der Waals surface area contributed by atoms with E-state index in [9.17, 15) is 26.4 Å². The standard InChI is InChI=1S/C16H22F3N3O3S.ClH/c17-16(18,19)10-21-15(23)12-6-3-7-13(8-12)26(24,25)22-14(9-20)11-4-1-2-5-11;/h3,6-8,11,14,22H,1-2,4-5,9-10,20H2,(H,21,23);1H. The van der Waals surface area contributed by atoms with Gasteiger partial charge in [-0.3, -0.25) is 4.79 Å². The van der Waals surface area contributed by atoms with Crippen molar-refractivity contribution in [3.05, 3.63) is 29.8 Å². The predicted molar refractivity (Wildman–Crippen MR) is 97.2 cm³/mol. The van der Waals surface area contributed by atoms with Crippen LogP contribution in [0.15, 0.2) is 29.2 Å². The van der Waals surface area contributed by atoms with Crippen LogP contribution in [0.4, 0.5) is 13.2 Å². The molecule has 0 saturated heterocycles. The molecule has 1 amide bonds. The maximum atomic E-state index is 12.6. The summed E-state index contributed by atoms with van der Waals surface area (Å²) in [5, 5.41) is 1.72. The fraction of sp³-hybridized carbons (Fsp3) is 0.562. The van der Waals surface area contributed by atoms with Crippen LogP contribution in [0.25, 0.3) is 0 Å². The second kappa shape index (κ2) is 9.72. The van der Waals surface area contributed by atoms with Crippen molar-refractivity contribution in [3.63, 3.8) is 0 Å². The van der Waals surface area contributed by atoms with E-state index in [1.54, 1.807) is 5.32 Å². The number of nitrogens with one attached hydrogen (secondary N) is 2. The molecule has 0 radical (unpaired) electrons. The first-order valence-corrected chi connectivity index (χ1v) is 9.78. The molecule has 0 spiro atoms. The third kappa shape index (κ3) is 6.95. The zero-order chi connectivity index (χ0) is 19.4. The number of alkyl halides is 3. The molecule has 27 heavy (non-hydrogen) atoms. The van der Waals surface area contributed by atoms with Crippen LogP contribution in [-0.4, -0.2) is 39.6 Å². The van der Waals surface area contributed by atoms with E-state index in [2.05, 4.69) is 4.72 Å². The number of sulfonamides is 1. The zero-order valence-corrected chi connectivity index (χ0v) is 16.1. The van der Waals surface area contributed by atoms with Crippen LogP contribution in [0.3, 0.4) is 0 Å².